The summed E-state index contributed by atoms with van der Waals surface area (Å²) in [6.45, 7) is 17.0. The molecule has 0 aromatic heterocycles. The molecule has 9 rings (SSSR count). The van der Waals surface area contributed by atoms with Crippen LogP contribution in [0, 0.1) is 35.5 Å². The Morgan fingerprint density at radius 1 is 0.560 bits per heavy atom. The molecule has 5 heterocycles. The summed E-state index contributed by atoms with van der Waals surface area (Å²) < 4.78 is 87.8. The zero-order chi connectivity index (χ0) is 59.3. The van der Waals surface area contributed by atoms with E-state index in [4.69, 9.17) is 67.1 Å². The molecule has 0 saturated carbocycles. The molecule has 4 aromatic rings. The molecule has 19 nitrogen and oxygen atoms in total. The lowest BCUT2D eigenvalue weighted by Crippen LogP contribution is -2.61. The molecular weight excluding hydrogens is 1080 g/mol. The number of unbranched alkanes of at least 4 members (excludes halogenated alkanes) is 2. The van der Waals surface area contributed by atoms with Crippen LogP contribution >= 0.6 is 0 Å². The molecule has 5 aliphatic heterocycles. The number of benzene rings is 4. The third kappa shape index (κ3) is 15.1. The molecule has 19 heteroatoms. The van der Waals surface area contributed by atoms with Gasteiger partial charge >= 0.3 is 17.9 Å². The molecule has 5 saturated heterocycles. The van der Waals surface area contributed by atoms with Crippen molar-refractivity contribution in [2.45, 2.75) is 180 Å². The first kappa shape index (κ1) is 62.7. The van der Waals surface area contributed by atoms with E-state index in [1.165, 1.54) is 0 Å². The third-order valence-electron chi connectivity index (χ3n) is 17.3. The Morgan fingerprint density at radius 3 is 1.71 bits per heavy atom. The van der Waals surface area contributed by atoms with Gasteiger partial charge in [0.25, 0.3) is 0 Å². The van der Waals surface area contributed by atoms with Crippen molar-refractivity contribution in [1.29, 1.82) is 0 Å². The van der Waals surface area contributed by atoms with Gasteiger partial charge < -0.3 is 61.6 Å². The average Bonchev–Trinajstić information content (AvgIpc) is 2.05. The number of carbonyl (C=O) groups excluding carboxylic acids is 3. The summed E-state index contributed by atoms with van der Waals surface area (Å²) in [6, 6.07) is 35.9. The highest BCUT2D eigenvalue weighted by atomic mass is 16.8. The molecule has 19 unspecified atom stereocenters. The number of hydrogen-bond donors (Lipinski definition) is 0. The summed E-state index contributed by atoms with van der Waals surface area (Å²) in [6.07, 6.45) is -8.78. The SMILES string of the molecule is CC[C@@H](C)C1OC(OC2C(C)C(COC(=O)c3ccccc3)OC(OC3C(OC(=O)c4ccccc4)C(OC4C(C)C(OCCCCCN=[N+]=[N-])OC5COC(c6ccccc6)OC54)OC3[C@H](C)CC)C2C)C(OC(=O)c2ccccc2)C1C. The molecule has 0 bridgehead atoms. The van der Waals surface area contributed by atoms with E-state index in [-0.39, 0.29) is 37.1 Å². The lowest BCUT2D eigenvalue weighted by Gasteiger charge is -2.49. The molecule has 84 heavy (non-hydrogen) atoms. The molecule has 5 aliphatic rings. The quantitative estimate of drug-likeness (QED) is 0.0150. The summed E-state index contributed by atoms with van der Waals surface area (Å²) in [5.41, 5.74) is 10.7. The second kappa shape index (κ2) is 30.0. The van der Waals surface area contributed by atoms with E-state index in [0.717, 1.165) is 24.8 Å². The number of rotatable bonds is 25. The summed E-state index contributed by atoms with van der Waals surface area (Å²) in [4.78, 5) is 44.9. The van der Waals surface area contributed by atoms with Gasteiger partial charge in [-0.05, 0) is 66.6 Å². The van der Waals surface area contributed by atoms with E-state index in [9.17, 15) is 14.4 Å². The molecule has 5 fully saturated rings. The molecule has 4 aromatic carbocycles. The number of esters is 3. The van der Waals surface area contributed by atoms with Gasteiger partial charge in [-0.1, -0.05) is 165 Å². The van der Waals surface area contributed by atoms with Gasteiger partial charge in [0, 0.05) is 47.3 Å². The van der Waals surface area contributed by atoms with Crippen LogP contribution in [-0.4, -0.2) is 130 Å². The maximum atomic E-state index is 14.5. The normalized spacial score (nSPS) is 33.6. The fourth-order valence-corrected chi connectivity index (χ4v) is 11.9. The number of fused-ring (bicyclic) bond motifs is 1. The first-order chi connectivity index (χ1) is 40.8. The second-order valence-corrected chi connectivity index (χ2v) is 23.0. The highest BCUT2D eigenvalue weighted by Gasteiger charge is 2.58. The monoisotopic (exact) mass is 1160 g/mol. The Morgan fingerprint density at radius 2 is 1.10 bits per heavy atom. The van der Waals surface area contributed by atoms with Crippen LogP contribution in [0.2, 0.25) is 0 Å². The van der Waals surface area contributed by atoms with E-state index >= 15 is 0 Å². The van der Waals surface area contributed by atoms with Crippen molar-refractivity contribution in [1.82, 2.24) is 0 Å². The van der Waals surface area contributed by atoms with Gasteiger partial charge in [0.05, 0.1) is 53.8 Å². The van der Waals surface area contributed by atoms with E-state index < -0.39 is 122 Å². The van der Waals surface area contributed by atoms with E-state index in [2.05, 4.69) is 23.9 Å². The predicted molar refractivity (Wildman–Crippen MR) is 307 cm³/mol. The maximum Gasteiger partial charge on any atom is 0.338 e. The fraction of sp³-hybridized carbons (Fsp3) is 0.585. The Kier molecular flexibility index (Phi) is 22.4. The summed E-state index contributed by atoms with van der Waals surface area (Å²) in [7, 11) is 0. The van der Waals surface area contributed by atoms with Crippen molar-refractivity contribution in [3.63, 3.8) is 0 Å². The number of ether oxygens (including phenoxy) is 13. The molecule has 0 spiro atoms. The number of carbonyl (C=O) groups is 3. The zero-order valence-electron chi connectivity index (χ0n) is 49.4. The van der Waals surface area contributed by atoms with Crippen LogP contribution in [0.5, 0.6) is 0 Å². The minimum atomic E-state index is -1.23. The Bertz CT molecular complexity index is 2740. The molecular formula is C65H83N3O16. The van der Waals surface area contributed by atoms with E-state index in [1.54, 1.807) is 72.8 Å². The topological polar surface area (TPSA) is 220 Å². The van der Waals surface area contributed by atoms with Crippen LogP contribution in [0.4, 0.5) is 0 Å². The fourth-order valence-electron chi connectivity index (χ4n) is 11.9. The average molecular weight is 1160 g/mol. The van der Waals surface area contributed by atoms with E-state index in [1.807, 2.05) is 90.1 Å². The lowest BCUT2D eigenvalue weighted by atomic mass is 9.85. The maximum absolute atomic E-state index is 14.5. The summed E-state index contributed by atoms with van der Waals surface area (Å²) in [5.74, 6) is -3.46. The van der Waals surface area contributed by atoms with Gasteiger partial charge in [0.1, 0.15) is 24.9 Å². The molecule has 0 amide bonds. The highest BCUT2D eigenvalue weighted by Crippen LogP contribution is 2.45. The highest BCUT2D eigenvalue weighted by molar-refractivity contribution is 5.90. The smallest absolute Gasteiger partial charge is 0.338 e. The van der Waals surface area contributed by atoms with Crippen LogP contribution < -0.4 is 0 Å². The van der Waals surface area contributed by atoms with Gasteiger partial charge in [0.15, 0.2) is 43.7 Å². The van der Waals surface area contributed by atoms with Crippen LogP contribution in [0.25, 0.3) is 10.4 Å². The second-order valence-electron chi connectivity index (χ2n) is 23.0. The lowest BCUT2D eigenvalue weighted by molar-refractivity contribution is -0.370. The Balaban J connectivity index is 1.04. The van der Waals surface area contributed by atoms with Crippen LogP contribution in [-0.2, 0) is 61.6 Å². The van der Waals surface area contributed by atoms with Gasteiger partial charge in [-0.25, -0.2) is 14.4 Å². The third-order valence-corrected chi connectivity index (χ3v) is 17.3. The van der Waals surface area contributed by atoms with Crippen molar-refractivity contribution in [2.24, 2.45) is 40.6 Å². The standard InChI is InChI=1S/C65H83N3O16/c1-9-38(3)50-41(6)54(77-59(70)45-28-18-12-19-29-45)64(79-50)81-52-40(5)48(36-73-58(69)44-26-16-11-17-27-44)75-62(42(52)7)84-56-51(39(4)10-2)80-65(57(56)78-60(71)46-30-20-13-21-31-46)82-53-43(8)61(72-35-25-15-24-34-67-68-66)76-49-37-74-63(83-55(49)53)47-32-22-14-23-33-47/h11-14,16-23,26-33,38-43,48-57,61-65H,9-10,15,24-25,34-37H2,1-8H3/t38-,39-,40?,41?,42?,43?,48?,49?,50?,51?,52?,53?,54?,55?,56?,57?,61?,62?,63?,64?,65?/m1/s1. The van der Waals surface area contributed by atoms with Crippen molar-refractivity contribution in [3.8, 4) is 0 Å². The van der Waals surface area contributed by atoms with E-state index in [0.29, 0.717) is 42.7 Å². The molecule has 21 atom stereocenters. The number of hydrogen-bond acceptors (Lipinski definition) is 17. The minimum Gasteiger partial charge on any atom is -0.459 e. The Labute approximate surface area is 493 Å². The van der Waals surface area contributed by atoms with Gasteiger partial charge in [0.2, 0.25) is 0 Å². The minimum absolute atomic E-state index is 0.104. The molecule has 454 valence electrons. The largest absolute Gasteiger partial charge is 0.459 e. The molecule has 0 radical (unpaired) electrons. The van der Waals surface area contributed by atoms with Crippen molar-refractivity contribution in [2.75, 3.05) is 26.4 Å². The molecule has 0 aliphatic carbocycles. The predicted octanol–water partition coefficient (Wildman–Crippen LogP) is 11.6. The van der Waals surface area contributed by atoms with Crippen molar-refractivity contribution >= 4 is 17.9 Å². The molecule has 0 N–H and O–H groups in total. The first-order valence-electron chi connectivity index (χ1n) is 30.0. The first-order valence-corrected chi connectivity index (χ1v) is 30.0. The number of nitrogens with zero attached hydrogens (tertiary/aromatic N) is 3. The summed E-state index contributed by atoms with van der Waals surface area (Å²) in [5, 5.41) is 3.66. The van der Waals surface area contributed by atoms with Gasteiger partial charge in [-0.2, -0.15) is 0 Å². The van der Waals surface area contributed by atoms with Gasteiger partial charge in [-0.3, -0.25) is 0 Å². The Hall–Kier alpha value is -5.80. The van der Waals surface area contributed by atoms with Gasteiger partial charge in [-0.15, -0.1) is 0 Å². The van der Waals surface area contributed by atoms with Crippen LogP contribution in [0.3, 0.4) is 0 Å². The van der Waals surface area contributed by atoms with Crippen molar-refractivity contribution < 1.29 is 76.0 Å². The van der Waals surface area contributed by atoms with Crippen LogP contribution in [0.1, 0.15) is 130 Å². The van der Waals surface area contributed by atoms with Crippen LogP contribution in [0.15, 0.2) is 126 Å². The zero-order valence-corrected chi connectivity index (χ0v) is 49.4. The van der Waals surface area contributed by atoms with Crippen molar-refractivity contribution in [3.05, 3.63) is 154 Å². The summed E-state index contributed by atoms with van der Waals surface area (Å²) >= 11 is 0. The number of azide groups is 1.